The second-order valence-electron chi connectivity index (χ2n) is 9.67. The van der Waals surface area contributed by atoms with Gasteiger partial charge in [-0.15, -0.1) is 0 Å². The molecular weight excluding hydrogens is 470 g/mol. The number of cyclic esters (lactones) is 1. The lowest BCUT2D eigenvalue weighted by molar-refractivity contribution is -0.0807. The molecule has 3 atom stereocenters. The van der Waals surface area contributed by atoms with E-state index in [9.17, 15) is 4.79 Å². The van der Waals surface area contributed by atoms with Crippen LogP contribution in [-0.2, 0) is 9.47 Å². The molecule has 3 fully saturated rings. The summed E-state index contributed by atoms with van der Waals surface area (Å²) in [4.78, 5) is 25.4. The maximum absolute atomic E-state index is 12.1. The molecule has 3 aromatic rings. The van der Waals surface area contributed by atoms with Crippen molar-refractivity contribution in [3.8, 4) is 0 Å². The normalized spacial score (nSPS) is 25.6. The van der Waals surface area contributed by atoms with Crippen molar-refractivity contribution in [1.82, 2.24) is 24.6 Å². The minimum atomic E-state index is -0.343. The largest absolute Gasteiger partial charge is 0.447 e. The van der Waals surface area contributed by atoms with Gasteiger partial charge in [-0.2, -0.15) is 5.10 Å². The summed E-state index contributed by atoms with van der Waals surface area (Å²) in [6.45, 7) is 8.28. The zero-order valence-electron chi connectivity index (χ0n) is 19.7. The third-order valence-corrected chi connectivity index (χ3v) is 7.63. The molecule has 1 aromatic carbocycles. The van der Waals surface area contributed by atoms with E-state index in [0.29, 0.717) is 35.4 Å². The highest BCUT2D eigenvalue weighted by Gasteiger charge is 2.35. The molecule has 1 amide bonds. The summed E-state index contributed by atoms with van der Waals surface area (Å²) in [5.41, 5.74) is 2.13. The Morgan fingerprint density at radius 1 is 1.17 bits per heavy atom. The van der Waals surface area contributed by atoms with E-state index in [1.807, 2.05) is 29.8 Å². The third kappa shape index (κ3) is 4.09. The molecule has 184 valence electrons. The number of nitrogens with one attached hydrogen (secondary N) is 1. The number of hydrogen-bond donors (Lipinski definition) is 1. The van der Waals surface area contributed by atoms with Crippen LogP contribution >= 0.6 is 11.6 Å². The van der Waals surface area contributed by atoms with Crippen molar-refractivity contribution in [3.63, 3.8) is 0 Å². The van der Waals surface area contributed by atoms with Crippen LogP contribution in [-0.4, -0.2) is 75.7 Å². The van der Waals surface area contributed by atoms with Gasteiger partial charge in [0.2, 0.25) is 5.95 Å². The number of halogens is 1. The van der Waals surface area contributed by atoms with Crippen LogP contribution in [0.2, 0.25) is 5.15 Å². The van der Waals surface area contributed by atoms with Crippen molar-refractivity contribution < 1.29 is 14.3 Å². The summed E-state index contributed by atoms with van der Waals surface area (Å²) in [6.07, 6.45) is 4.13. The smallest absolute Gasteiger partial charge is 0.414 e. The maximum atomic E-state index is 12.1. The first-order valence-corrected chi connectivity index (χ1v) is 12.4. The summed E-state index contributed by atoms with van der Waals surface area (Å²) in [5, 5.41) is 9.24. The Labute approximate surface area is 208 Å². The molecule has 0 spiro atoms. The lowest BCUT2D eigenvalue weighted by Gasteiger charge is -2.44. The van der Waals surface area contributed by atoms with Crippen molar-refractivity contribution in [1.29, 1.82) is 0 Å². The number of amides is 1. The van der Waals surface area contributed by atoms with Gasteiger partial charge in [0.1, 0.15) is 6.61 Å². The Morgan fingerprint density at radius 2 is 2.03 bits per heavy atom. The van der Waals surface area contributed by atoms with E-state index in [1.165, 1.54) is 0 Å². The highest BCUT2D eigenvalue weighted by atomic mass is 35.5. The summed E-state index contributed by atoms with van der Waals surface area (Å²) in [5.74, 6) is 0.839. The van der Waals surface area contributed by atoms with Gasteiger partial charge in [0, 0.05) is 30.4 Å². The molecule has 11 heteroatoms. The zero-order valence-corrected chi connectivity index (χ0v) is 20.5. The van der Waals surface area contributed by atoms with Crippen molar-refractivity contribution in [2.75, 3.05) is 43.1 Å². The monoisotopic (exact) mass is 497 g/mol. The van der Waals surface area contributed by atoms with Crippen LogP contribution in [0.15, 0.2) is 30.6 Å². The first kappa shape index (κ1) is 22.5. The average Bonchev–Trinajstić information content (AvgIpc) is 3.33. The number of aromatic nitrogens is 4. The van der Waals surface area contributed by atoms with Gasteiger partial charge in [-0.05, 0) is 37.5 Å². The van der Waals surface area contributed by atoms with Crippen LogP contribution in [0.1, 0.15) is 26.3 Å². The molecule has 0 saturated carbocycles. The van der Waals surface area contributed by atoms with Crippen molar-refractivity contribution >= 4 is 45.9 Å². The van der Waals surface area contributed by atoms with Gasteiger partial charge in [0.25, 0.3) is 0 Å². The average molecular weight is 498 g/mol. The summed E-state index contributed by atoms with van der Waals surface area (Å²) < 4.78 is 12.4. The Bertz CT molecular complexity index is 1260. The zero-order chi connectivity index (χ0) is 24.1. The van der Waals surface area contributed by atoms with E-state index in [0.717, 1.165) is 49.3 Å². The molecule has 1 unspecified atom stereocenters. The number of piperidine rings is 1. The number of rotatable bonds is 5. The fourth-order valence-electron chi connectivity index (χ4n) is 5.17. The number of hydrogen-bond acceptors (Lipinski definition) is 8. The standard InChI is InChI=1S/C24H28ClN7O3/c1-14-10-30(18-12-34-13-18)6-5-21(14)32-22(25)20(9-27-32)29-23-26-8-16-3-4-17(7-19(16)28-23)31-15(2)11-35-24(31)33/h3-4,7-9,14-15,18,21H,5-6,10-13H2,1-2H3,(H,26,28,29)/t14-,15?,21+/m1/s1. The van der Waals surface area contributed by atoms with Gasteiger partial charge >= 0.3 is 6.09 Å². The molecule has 0 aliphatic carbocycles. The maximum Gasteiger partial charge on any atom is 0.414 e. The van der Waals surface area contributed by atoms with Gasteiger partial charge < -0.3 is 14.8 Å². The van der Waals surface area contributed by atoms with Crippen molar-refractivity contribution in [2.24, 2.45) is 5.92 Å². The first-order valence-electron chi connectivity index (χ1n) is 12.0. The molecule has 0 radical (unpaired) electrons. The molecule has 10 nitrogen and oxygen atoms in total. The van der Waals surface area contributed by atoms with E-state index in [1.54, 1.807) is 17.3 Å². The van der Waals surface area contributed by atoms with Crippen LogP contribution in [0.25, 0.3) is 10.9 Å². The molecule has 1 N–H and O–H groups in total. The Balaban J connectivity index is 1.20. The predicted molar refractivity (Wildman–Crippen MR) is 132 cm³/mol. The van der Waals surface area contributed by atoms with Gasteiger partial charge in [-0.3, -0.25) is 9.80 Å². The number of carbonyl (C=O) groups is 1. The molecule has 0 bridgehead atoms. The molecule has 3 saturated heterocycles. The fourth-order valence-corrected chi connectivity index (χ4v) is 5.44. The Kier molecular flexibility index (Phi) is 5.74. The van der Waals surface area contributed by atoms with Gasteiger partial charge in [0.05, 0.1) is 48.7 Å². The quantitative estimate of drug-likeness (QED) is 0.567. The van der Waals surface area contributed by atoms with E-state index in [-0.39, 0.29) is 18.2 Å². The molecular formula is C24H28ClN7O3. The minimum absolute atomic E-state index is 0.0275. The van der Waals surface area contributed by atoms with Crippen LogP contribution < -0.4 is 10.2 Å². The van der Waals surface area contributed by atoms with Crippen LogP contribution in [0, 0.1) is 5.92 Å². The molecule has 6 rings (SSSR count). The minimum Gasteiger partial charge on any atom is -0.447 e. The van der Waals surface area contributed by atoms with E-state index in [2.05, 4.69) is 32.2 Å². The van der Waals surface area contributed by atoms with E-state index in [4.69, 9.17) is 21.1 Å². The summed E-state index contributed by atoms with van der Waals surface area (Å²) in [6, 6.07) is 6.42. The molecule has 35 heavy (non-hydrogen) atoms. The predicted octanol–water partition coefficient (Wildman–Crippen LogP) is 3.85. The Hall–Kier alpha value is -2.95. The number of anilines is 3. The van der Waals surface area contributed by atoms with Gasteiger partial charge in [0.15, 0.2) is 5.15 Å². The summed E-state index contributed by atoms with van der Waals surface area (Å²) in [7, 11) is 0. The van der Waals surface area contributed by atoms with Crippen LogP contribution in [0.5, 0.6) is 0 Å². The first-order chi connectivity index (χ1) is 17.0. The number of fused-ring (bicyclic) bond motifs is 1. The fraction of sp³-hybridized carbons (Fsp3) is 0.500. The summed E-state index contributed by atoms with van der Waals surface area (Å²) >= 11 is 6.76. The second kappa shape index (κ2) is 8.92. The molecule has 3 aliphatic rings. The van der Waals surface area contributed by atoms with Crippen LogP contribution in [0.3, 0.4) is 0 Å². The molecule has 2 aromatic heterocycles. The number of benzene rings is 1. The lowest BCUT2D eigenvalue weighted by atomic mass is 9.92. The van der Waals surface area contributed by atoms with Crippen LogP contribution in [0.4, 0.5) is 22.1 Å². The lowest BCUT2D eigenvalue weighted by Crippen LogP contribution is -2.54. The van der Waals surface area contributed by atoms with Gasteiger partial charge in [-0.1, -0.05) is 18.5 Å². The van der Waals surface area contributed by atoms with Crippen molar-refractivity contribution in [2.45, 2.75) is 38.4 Å². The molecule has 3 aliphatic heterocycles. The second-order valence-corrected chi connectivity index (χ2v) is 10.0. The topological polar surface area (TPSA) is 97.6 Å². The van der Waals surface area contributed by atoms with Gasteiger partial charge in [-0.25, -0.2) is 19.4 Å². The highest BCUT2D eigenvalue weighted by molar-refractivity contribution is 6.32. The van der Waals surface area contributed by atoms with E-state index < -0.39 is 0 Å². The van der Waals surface area contributed by atoms with E-state index >= 15 is 0 Å². The number of ether oxygens (including phenoxy) is 2. The van der Waals surface area contributed by atoms with Crippen molar-refractivity contribution in [3.05, 3.63) is 35.7 Å². The SMILES string of the molecule is CC1COC(=O)N1c1ccc2cnc(Nc3cnn([C@H]4CCN(C5COC5)C[C@H]4C)c3Cl)nc2c1. The molecule has 5 heterocycles. The number of nitrogens with zero attached hydrogens (tertiary/aromatic N) is 6. The third-order valence-electron chi connectivity index (χ3n) is 7.25. The Morgan fingerprint density at radius 3 is 2.74 bits per heavy atom. The highest BCUT2D eigenvalue weighted by Crippen LogP contribution is 2.35. The number of likely N-dealkylation sites (tertiary alicyclic amines) is 1. The number of carbonyl (C=O) groups excluding carboxylic acids is 1.